The van der Waals surface area contributed by atoms with Crippen molar-refractivity contribution in [1.82, 2.24) is 0 Å². The maximum Gasteiger partial charge on any atom is 0.155 e. The molecule has 6 atom stereocenters. The first-order valence-electron chi connectivity index (χ1n) is 9.58. The molecule has 3 saturated carbocycles. The van der Waals surface area contributed by atoms with E-state index in [1.807, 2.05) is 6.08 Å². The van der Waals surface area contributed by atoms with Gasteiger partial charge in [0.05, 0.1) is 0 Å². The molecule has 4 rings (SSSR count). The van der Waals surface area contributed by atoms with Crippen molar-refractivity contribution in [3.8, 4) is 11.8 Å². The molecule has 0 unspecified atom stereocenters. The summed E-state index contributed by atoms with van der Waals surface area (Å²) in [6, 6.07) is 0. The molecule has 23 heavy (non-hydrogen) atoms. The average molecular weight is 312 g/mol. The Morgan fingerprint density at radius 2 is 2.00 bits per heavy atom. The summed E-state index contributed by atoms with van der Waals surface area (Å²) in [6.07, 6.45) is 11.3. The molecule has 0 saturated heterocycles. The molecule has 0 aromatic carbocycles. The lowest BCUT2D eigenvalue weighted by Crippen LogP contribution is -2.45. The lowest BCUT2D eigenvalue weighted by Gasteiger charge is -2.50. The van der Waals surface area contributed by atoms with Crippen LogP contribution in [0.4, 0.5) is 0 Å². The minimum Gasteiger partial charge on any atom is -0.377 e. The summed E-state index contributed by atoms with van der Waals surface area (Å²) < 4.78 is 0. The summed E-state index contributed by atoms with van der Waals surface area (Å²) in [6.45, 7) is 2.05. The van der Waals surface area contributed by atoms with E-state index in [-0.39, 0.29) is 0 Å². The van der Waals surface area contributed by atoms with Crippen LogP contribution in [0.5, 0.6) is 0 Å². The van der Waals surface area contributed by atoms with Crippen LogP contribution in [0, 0.1) is 41.4 Å². The van der Waals surface area contributed by atoms with Gasteiger partial charge in [0.1, 0.15) is 5.60 Å². The molecular formula is C21H28O2. The summed E-state index contributed by atoms with van der Waals surface area (Å²) in [4.78, 5) is 11.7. The number of hydrogen-bond donors (Lipinski definition) is 1. The van der Waals surface area contributed by atoms with E-state index in [9.17, 15) is 9.90 Å². The summed E-state index contributed by atoms with van der Waals surface area (Å²) in [5.74, 6) is 9.90. The summed E-state index contributed by atoms with van der Waals surface area (Å²) in [7, 11) is 0. The second-order valence-corrected chi connectivity index (χ2v) is 8.16. The molecule has 0 heterocycles. The van der Waals surface area contributed by atoms with Crippen molar-refractivity contribution < 1.29 is 9.90 Å². The molecular weight excluding hydrogens is 284 g/mol. The van der Waals surface area contributed by atoms with Crippen LogP contribution in [0.1, 0.15) is 64.7 Å². The predicted octanol–water partition coefficient (Wildman–Crippen LogP) is 3.88. The Hall–Kier alpha value is -1.07. The zero-order chi connectivity index (χ0) is 16.0. The second-order valence-electron chi connectivity index (χ2n) is 8.16. The molecule has 4 aliphatic carbocycles. The van der Waals surface area contributed by atoms with E-state index in [2.05, 4.69) is 18.8 Å². The molecule has 0 amide bonds. The largest absolute Gasteiger partial charge is 0.377 e. The molecule has 0 aromatic heterocycles. The number of aliphatic hydroxyl groups is 1. The molecule has 124 valence electrons. The quantitative estimate of drug-likeness (QED) is 0.689. The number of carbonyl (C=O) groups excluding carboxylic acids is 1. The van der Waals surface area contributed by atoms with Crippen molar-refractivity contribution in [2.45, 2.75) is 70.3 Å². The lowest BCUT2D eigenvalue weighted by molar-refractivity contribution is -0.115. The summed E-state index contributed by atoms with van der Waals surface area (Å²) in [5, 5.41) is 11.0. The van der Waals surface area contributed by atoms with Gasteiger partial charge in [0.15, 0.2) is 5.78 Å². The monoisotopic (exact) mass is 312 g/mol. The Morgan fingerprint density at radius 1 is 1.13 bits per heavy atom. The molecule has 2 nitrogen and oxygen atoms in total. The fourth-order valence-corrected chi connectivity index (χ4v) is 6.27. The van der Waals surface area contributed by atoms with Gasteiger partial charge in [-0.25, -0.2) is 0 Å². The van der Waals surface area contributed by atoms with Crippen LogP contribution in [0.15, 0.2) is 11.6 Å². The number of ketones is 1. The first-order valence-corrected chi connectivity index (χ1v) is 9.58. The van der Waals surface area contributed by atoms with Gasteiger partial charge in [-0.2, -0.15) is 0 Å². The molecule has 0 spiro atoms. The van der Waals surface area contributed by atoms with E-state index < -0.39 is 5.60 Å². The van der Waals surface area contributed by atoms with Crippen molar-refractivity contribution >= 4 is 5.78 Å². The maximum atomic E-state index is 11.7. The van der Waals surface area contributed by atoms with Gasteiger partial charge in [-0.15, -0.1) is 5.92 Å². The number of fused-ring (bicyclic) bond motifs is 5. The average Bonchev–Trinajstić information content (AvgIpc) is 2.90. The normalized spacial score (nSPS) is 45.2. The van der Waals surface area contributed by atoms with Gasteiger partial charge >= 0.3 is 0 Å². The highest BCUT2D eigenvalue weighted by Crippen LogP contribution is 2.58. The fourth-order valence-electron chi connectivity index (χ4n) is 6.27. The van der Waals surface area contributed by atoms with Gasteiger partial charge in [-0.3, -0.25) is 4.79 Å². The van der Waals surface area contributed by atoms with E-state index >= 15 is 0 Å². The number of carbonyl (C=O) groups is 1. The van der Waals surface area contributed by atoms with Crippen LogP contribution < -0.4 is 0 Å². The van der Waals surface area contributed by atoms with Gasteiger partial charge in [0, 0.05) is 18.8 Å². The molecule has 0 aliphatic heterocycles. The number of hydrogen-bond acceptors (Lipinski definition) is 2. The van der Waals surface area contributed by atoms with Crippen LogP contribution in [-0.4, -0.2) is 16.5 Å². The van der Waals surface area contributed by atoms with Gasteiger partial charge in [0.25, 0.3) is 0 Å². The van der Waals surface area contributed by atoms with Crippen molar-refractivity contribution in [2.75, 3.05) is 0 Å². The SMILES string of the molecule is CCC#C[C@]1(O)CC[C@H]2[C@@H]3CCC4=CC(=O)CC[C@@H]4[C@H]3CC[C@@H]21. The standard InChI is InChI=1S/C21H28O2/c1-2-3-11-21(23)12-10-19-18-6-4-14-13-15(22)5-7-16(14)17(18)8-9-20(19)21/h13,16-20,23H,2,4-10,12H2,1H3/t16-,17+,18+,19-,20-,21-/m0/s1. The van der Waals surface area contributed by atoms with Crippen LogP contribution >= 0.6 is 0 Å². The van der Waals surface area contributed by atoms with Crippen molar-refractivity contribution in [3.63, 3.8) is 0 Å². The topological polar surface area (TPSA) is 37.3 Å². The lowest BCUT2D eigenvalue weighted by atomic mass is 9.55. The third-order valence-corrected chi connectivity index (χ3v) is 7.19. The molecule has 0 aromatic rings. The van der Waals surface area contributed by atoms with Gasteiger partial charge < -0.3 is 5.11 Å². The fraction of sp³-hybridized carbons (Fsp3) is 0.762. The van der Waals surface area contributed by atoms with E-state index in [1.165, 1.54) is 18.4 Å². The van der Waals surface area contributed by atoms with Gasteiger partial charge in [-0.1, -0.05) is 18.4 Å². The van der Waals surface area contributed by atoms with Gasteiger partial charge in [0.2, 0.25) is 0 Å². The number of allylic oxidation sites excluding steroid dienone is 1. The Kier molecular flexibility index (Phi) is 3.88. The van der Waals surface area contributed by atoms with E-state index in [0.29, 0.717) is 23.5 Å². The molecule has 1 N–H and O–H groups in total. The molecule has 3 fully saturated rings. The van der Waals surface area contributed by atoms with Crippen molar-refractivity contribution in [3.05, 3.63) is 11.6 Å². The molecule has 4 aliphatic rings. The zero-order valence-electron chi connectivity index (χ0n) is 14.2. The highest BCUT2D eigenvalue weighted by molar-refractivity contribution is 5.91. The van der Waals surface area contributed by atoms with Crippen molar-refractivity contribution in [2.24, 2.45) is 29.6 Å². The third-order valence-electron chi connectivity index (χ3n) is 7.19. The second kappa shape index (κ2) is 5.78. The molecule has 0 radical (unpaired) electrons. The first-order chi connectivity index (χ1) is 11.1. The highest BCUT2D eigenvalue weighted by Gasteiger charge is 2.55. The Labute approximate surface area is 139 Å². The highest BCUT2D eigenvalue weighted by atomic mass is 16.3. The minimum absolute atomic E-state index is 0.341. The van der Waals surface area contributed by atoms with E-state index in [4.69, 9.17) is 0 Å². The van der Waals surface area contributed by atoms with Crippen molar-refractivity contribution in [1.29, 1.82) is 0 Å². The summed E-state index contributed by atoms with van der Waals surface area (Å²) in [5.41, 5.74) is 0.726. The van der Waals surface area contributed by atoms with Crippen LogP contribution in [0.25, 0.3) is 0 Å². The van der Waals surface area contributed by atoms with Crippen LogP contribution in [0.2, 0.25) is 0 Å². The Morgan fingerprint density at radius 3 is 2.83 bits per heavy atom. The third kappa shape index (κ3) is 2.49. The first kappa shape index (κ1) is 15.5. The zero-order valence-corrected chi connectivity index (χ0v) is 14.2. The van der Waals surface area contributed by atoms with E-state index in [0.717, 1.165) is 56.8 Å². The van der Waals surface area contributed by atoms with E-state index in [1.54, 1.807) is 0 Å². The molecule has 2 heteroatoms. The molecule has 0 bridgehead atoms. The summed E-state index contributed by atoms with van der Waals surface area (Å²) >= 11 is 0. The maximum absolute atomic E-state index is 11.7. The van der Waals surface area contributed by atoms with Crippen LogP contribution in [-0.2, 0) is 4.79 Å². The Bertz CT molecular complexity index is 593. The smallest absolute Gasteiger partial charge is 0.155 e. The van der Waals surface area contributed by atoms with Gasteiger partial charge in [-0.05, 0) is 74.7 Å². The van der Waals surface area contributed by atoms with Crippen LogP contribution in [0.3, 0.4) is 0 Å². The minimum atomic E-state index is -0.718. The number of rotatable bonds is 0. The predicted molar refractivity (Wildman–Crippen MR) is 90.5 cm³/mol. The Balaban J connectivity index is 1.57.